The van der Waals surface area contributed by atoms with Gasteiger partial charge in [0.05, 0.1) is 13.0 Å². The molecule has 138 valence electrons. The predicted molar refractivity (Wildman–Crippen MR) is 97.3 cm³/mol. The summed E-state index contributed by atoms with van der Waals surface area (Å²) in [5.41, 5.74) is 1.26. The van der Waals surface area contributed by atoms with E-state index in [4.69, 9.17) is 0 Å². The number of H-pyrrole nitrogens is 1. The van der Waals surface area contributed by atoms with Gasteiger partial charge in [-0.3, -0.25) is 9.89 Å². The van der Waals surface area contributed by atoms with Crippen LogP contribution in [0, 0.1) is 16.7 Å². The van der Waals surface area contributed by atoms with Crippen molar-refractivity contribution in [3.05, 3.63) is 47.5 Å². The van der Waals surface area contributed by atoms with Gasteiger partial charge in [-0.05, 0) is 23.3 Å². The highest BCUT2D eigenvalue weighted by atomic mass is 16.3. The number of amides is 1. The summed E-state index contributed by atoms with van der Waals surface area (Å²) in [6, 6.07) is 10.1. The van der Waals surface area contributed by atoms with Gasteiger partial charge in [-0.2, -0.15) is 5.10 Å². The van der Waals surface area contributed by atoms with E-state index in [0.29, 0.717) is 24.7 Å². The number of carbonyl (C=O) groups is 1. The highest BCUT2D eigenvalue weighted by Crippen LogP contribution is 2.62. The number of aromatic nitrogens is 3. The largest absolute Gasteiger partial charge is 0.396 e. The molecule has 1 saturated carbocycles. The second kappa shape index (κ2) is 6.20. The number of benzene rings is 1. The van der Waals surface area contributed by atoms with E-state index in [2.05, 4.69) is 29.0 Å². The van der Waals surface area contributed by atoms with Crippen molar-refractivity contribution in [1.29, 1.82) is 0 Å². The summed E-state index contributed by atoms with van der Waals surface area (Å²) in [4.78, 5) is 19.1. The van der Waals surface area contributed by atoms with Crippen LogP contribution in [0.25, 0.3) is 0 Å². The lowest BCUT2D eigenvalue weighted by atomic mass is 9.48. The maximum absolute atomic E-state index is 12.7. The third kappa shape index (κ3) is 2.92. The fourth-order valence-corrected chi connectivity index (χ4v) is 5.06. The molecule has 0 bridgehead atoms. The normalized spacial score (nSPS) is 26.4. The van der Waals surface area contributed by atoms with Crippen molar-refractivity contribution in [1.82, 2.24) is 20.1 Å². The number of aliphatic hydroxyl groups excluding tert-OH is 1. The highest BCUT2D eigenvalue weighted by molar-refractivity contribution is 5.78. The molecule has 1 aliphatic heterocycles. The van der Waals surface area contributed by atoms with Crippen molar-refractivity contribution in [2.45, 2.75) is 33.1 Å². The third-order valence-corrected chi connectivity index (χ3v) is 6.17. The molecule has 2 heterocycles. The van der Waals surface area contributed by atoms with Crippen molar-refractivity contribution >= 4 is 5.91 Å². The Hall–Kier alpha value is -2.21. The molecule has 1 saturated heterocycles. The zero-order valence-corrected chi connectivity index (χ0v) is 15.4. The van der Waals surface area contributed by atoms with Crippen molar-refractivity contribution in [3.8, 4) is 0 Å². The molecule has 0 radical (unpaired) electrons. The Bertz CT molecular complexity index is 801. The Morgan fingerprint density at radius 2 is 2.12 bits per heavy atom. The van der Waals surface area contributed by atoms with Gasteiger partial charge < -0.3 is 10.0 Å². The number of likely N-dealkylation sites (tertiary alicyclic amines) is 1. The number of hydrogen-bond donors (Lipinski definition) is 2. The average Bonchev–Trinajstić information content (AvgIpc) is 3.18. The van der Waals surface area contributed by atoms with Crippen molar-refractivity contribution < 1.29 is 9.90 Å². The zero-order valence-electron chi connectivity index (χ0n) is 15.4. The Balaban J connectivity index is 1.39. The number of aromatic amines is 1. The first-order chi connectivity index (χ1) is 12.4. The zero-order chi connectivity index (χ0) is 18.4. The average molecular weight is 354 g/mol. The SMILES string of the molecule is CC1(C)C[C@]2(CO)CN(C(=O)Cc3n[nH]c(Cc4ccccc4)n3)C[C@H]12. The van der Waals surface area contributed by atoms with Gasteiger partial charge in [-0.15, -0.1) is 0 Å². The maximum atomic E-state index is 12.7. The summed E-state index contributed by atoms with van der Waals surface area (Å²) >= 11 is 0. The lowest BCUT2D eigenvalue weighted by Gasteiger charge is -2.55. The van der Waals surface area contributed by atoms with Crippen LogP contribution in [0.1, 0.15) is 37.5 Å². The minimum absolute atomic E-state index is 0.0493. The van der Waals surface area contributed by atoms with Crippen LogP contribution in [0.2, 0.25) is 0 Å². The second-order valence-corrected chi connectivity index (χ2v) is 8.55. The molecule has 4 rings (SSSR count). The number of rotatable bonds is 5. The molecule has 2 aromatic rings. The molecule has 6 nitrogen and oxygen atoms in total. The fraction of sp³-hybridized carbons (Fsp3) is 0.550. The van der Waals surface area contributed by atoms with E-state index in [0.717, 1.165) is 24.4 Å². The van der Waals surface area contributed by atoms with Crippen LogP contribution >= 0.6 is 0 Å². The lowest BCUT2D eigenvalue weighted by Crippen LogP contribution is -2.54. The van der Waals surface area contributed by atoms with Crippen molar-refractivity contribution in [3.63, 3.8) is 0 Å². The highest BCUT2D eigenvalue weighted by Gasteiger charge is 2.62. The standard InChI is InChI=1S/C20H26N4O2/c1-19(2)11-20(13-25)12-24(10-15(19)20)18(26)9-17-21-16(22-23-17)8-14-6-4-3-5-7-14/h3-7,15,25H,8-13H2,1-2H3,(H,21,22,23)/t15-,20-/m1/s1. The first-order valence-electron chi connectivity index (χ1n) is 9.25. The van der Waals surface area contributed by atoms with E-state index in [-0.39, 0.29) is 29.8 Å². The second-order valence-electron chi connectivity index (χ2n) is 8.55. The number of carbonyl (C=O) groups excluding carboxylic acids is 1. The molecule has 2 N–H and O–H groups in total. The van der Waals surface area contributed by atoms with Crippen LogP contribution < -0.4 is 0 Å². The maximum Gasteiger partial charge on any atom is 0.230 e. The Labute approximate surface area is 153 Å². The summed E-state index contributed by atoms with van der Waals surface area (Å²) in [6.07, 6.45) is 1.86. The van der Waals surface area contributed by atoms with Crippen molar-refractivity contribution in [2.24, 2.45) is 16.7 Å². The molecule has 1 amide bonds. The van der Waals surface area contributed by atoms with E-state index in [1.165, 1.54) is 0 Å². The summed E-state index contributed by atoms with van der Waals surface area (Å²) < 4.78 is 0. The van der Waals surface area contributed by atoms with Gasteiger partial charge in [-0.1, -0.05) is 44.2 Å². The van der Waals surface area contributed by atoms with Gasteiger partial charge in [0.15, 0.2) is 5.82 Å². The summed E-state index contributed by atoms with van der Waals surface area (Å²) in [7, 11) is 0. The number of fused-ring (bicyclic) bond motifs is 1. The molecule has 1 aromatic heterocycles. The van der Waals surface area contributed by atoms with E-state index < -0.39 is 0 Å². The van der Waals surface area contributed by atoms with Gasteiger partial charge in [-0.25, -0.2) is 4.98 Å². The molecule has 1 aliphatic carbocycles. The van der Waals surface area contributed by atoms with Gasteiger partial charge in [0.1, 0.15) is 5.82 Å². The summed E-state index contributed by atoms with van der Waals surface area (Å²) in [5.74, 6) is 1.74. The van der Waals surface area contributed by atoms with Crippen LogP contribution in [-0.2, 0) is 17.6 Å². The number of aliphatic hydroxyl groups is 1. The quantitative estimate of drug-likeness (QED) is 0.858. The first-order valence-corrected chi connectivity index (χ1v) is 9.25. The lowest BCUT2D eigenvalue weighted by molar-refractivity contribution is -0.130. The topological polar surface area (TPSA) is 82.1 Å². The van der Waals surface area contributed by atoms with E-state index in [9.17, 15) is 9.90 Å². The number of nitrogens with one attached hydrogen (secondary N) is 1. The number of hydrogen-bond acceptors (Lipinski definition) is 4. The Kier molecular flexibility index (Phi) is 4.10. The fourth-order valence-electron chi connectivity index (χ4n) is 5.06. The van der Waals surface area contributed by atoms with Gasteiger partial charge in [0, 0.05) is 24.9 Å². The first kappa shape index (κ1) is 17.2. The summed E-state index contributed by atoms with van der Waals surface area (Å²) in [6.45, 7) is 5.99. The van der Waals surface area contributed by atoms with Crippen molar-refractivity contribution in [2.75, 3.05) is 19.7 Å². The van der Waals surface area contributed by atoms with E-state index in [1.807, 2.05) is 35.2 Å². The summed E-state index contributed by atoms with van der Waals surface area (Å²) in [5, 5.41) is 17.0. The predicted octanol–water partition coefficient (Wildman–Crippen LogP) is 1.80. The minimum atomic E-state index is -0.101. The van der Waals surface area contributed by atoms with Gasteiger partial charge in [0.2, 0.25) is 5.91 Å². The Morgan fingerprint density at radius 1 is 1.35 bits per heavy atom. The molecule has 2 aliphatic rings. The van der Waals surface area contributed by atoms with Gasteiger partial charge in [0.25, 0.3) is 0 Å². The van der Waals surface area contributed by atoms with Crippen LogP contribution in [0.15, 0.2) is 30.3 Å². The van der Waals surface area contributed by atoms with Crippen LogP contribution in [0.4, 0.5) is 0 Å². The molecule has 0 spiro atoms. The molecular weight excluding hydrogens is 328 g/mol. The minimum Gasteiger partial charge on any atom is -0.396 e. The molecule has 26 heavy (non-hydrogen) atoms. The van der Waals surface area contributed by atoms with Gasteiger partial charge >= 0.3 is 0 Å². The third-order valence-electron chi connectivity index (χ3n) is 6.17. The number of nitrogens with zero attached hydrogens (tertiary/aromatic N) is 3. The molecule has 2 fully saturated rings. The molecular formula is C20H26N4O2. The molecule has 2 atom stereocenters. The van der Waals surface area contributed by atoms with E-state index >= 15 is 0 Å². The van der Waals surface area contributed by atoms with Crippen LogP contribution in [0.3, 0.4) is 0 Å². The van der Waals surface area contributed by atoms with Crippen LogP contribution in [-0.4, -0.2) is 50.8 Å². The Morgan fingerprint density at radius 3 is 2.77 bits per heavy atom. The molecule has 0 unspecified atom stereocenters. The monoisotopic (exact) mass is 354 g/mol. The smallest absolute Gasteiger partial charge is 0.230 e. The van der Waals surface area contributed by atoms with Crippen LogP contribution in [0.5, 0.6) is 0 Å². The molecule has 6 heteroatoms. The van der Waals surface area contributed by atoms with E-state index in [1.54, 1.807) is 0 Å². The molecule has 1 aromatic carbocycles.